The van der Waals surface area contributed by atoms with Crippen molar-refractivity contribution in [3.05, 3.63) is 65.0 Å². The first-order valence-corrected chi connectivity index (χ1v) is 6.85. The third-order valence-corrected chi connectivity index (χ3v) is 3.21. The number of nitrogens with zero attached hydrogens (tertiary/aromatic N) is 1. The fourth-order valence-corrected chi connectivity index (χ4v) is 2.25. The molecule has 0 radical (unpaired) electrons. The molecule has 22 heavy (non-hydrogen) atoms. The second-order valence-corrected chi connectivity index (χ2v) is 4.83. The molecule has 0 saturated heterocycles. The predicted molar refractivity (Wildman–Crippen MR) is 82.6 cm³/mol. The van der Waals surface area contributed by atoms with Crippen LogP contribution in [-0.4, -0.2) is 17.6 Å². The Hall–Kier alpha value is -2.43. The minimum atomic E-state index is -2.59. The Morgan fingerprint density at radius 2 is 2.09 bits per heavy atom. The van der Waals surface area contributed by atoms with E-state index in [0.29, 0.717) is 18.1 Å². The highest BCUT2D eigenvalue weighted by atomic mass is 19.3. The second kappa shape index (κ2) is 7.02. The van der Waals surface area contributed by atoms with Gasteiger partial charge in [0, 0.05) is 11.6 Å². The third kappa shape index (κ3) is 3.61. The fourth-order valence-electron chi connectivity index (χ4n) is 2.25. The molecule has 5 heteroatoms. The first-order valence-electron chi connectivity index (χ1n) is 6.85. The van der Waals surface area contributed by atoms with E-state index in [1.807, 2.05) is 13.0 Å². The lowest BCUT2D eigenvalue weighted by molar-refractivity contribution is 0.126. The van der Waals surface area contributed by atoms with Crippen molar-refractivity contribution in [3.8, 4) is 17.0 Å². The van der Waals surface area contributed by atoms with E-state index < -0.39 is 18.5 Å². The van der Waals surface area contributed by atoms with Gasteiger partial charge in [0.25, 0.3) is 12.0 Å². The van der Waals surface area contributed by atoms with E-state index in [9.17, 15) is 13.6 Å². The number of pyridine rings is 1. The number of benzene rings is 1. The topological polar surface area (TPSA) is 31.2 Å². The molecule has 0 atom stereocenters. The number of aryl methyl sites for hydroxylation is 1. The number of hydrogen-bond donors (Lipinski definition) is 0. The molecule has 1 aromatic carbocycles. The van der Waals surface area contributed by atoms with Crippen molar-refractivity contribution >= 4 is 0 Å². The van der Waals surface area contributed by atoms with Crippen LogP contribution in [-0.2, 0) is 6.54 Å². The normalized spacial score (nSPS) is 10.7. The molecule has 0 fully saturated rings. The van der Waals surface area contributed by atoms with Crippen molar-refractivity contribution in [2.75, 3.05) is 6.61 Å². The predicted octanol–water partition coefficient (Wildman–Crippen LogP) is 3.65. The Morgan fingerprint density at radius 1 is 1.32 bits per heavy atom. The molecule has 0 spiro atoms. The van der Waals surface area contributed by atoms with Crippen LogP contribution in [0.2, 0.25) is 0 Å². The van der Waals surface area contributed by atoms with Crippen LogP contribution in [0.15, 0.2) is 53.8 Å². The molecule has 2 aromatic rings. The minimum Gasteiger partial charge on any atom is -0.490 e. The Kier molecular flexibility index (Phi) is 5.09. The number of rotatable bonds is 6. The zero-order valence-corrected chi connectivity index (χ0v) is 12.3. The highest BCUT2D eigenvalue weighted by Crippen LogP contribution is 2.26. The lowest BCUT2D eigenvalue weighted by atomic mass is 10.0. The zero-order valence-electron chi connectivity index (χ0n) is 12.3. The van der Waals surface area contributed by atoms with Gasteiger partial charge in [0.2, 0.25) is 0 Å². The fraction of sp³-hybridized carbons (Fsp3) is 0.235. The van der Waals surface area contributed by atoms with Crippen LogP contribution in [0.3, 0.4) is 0 Å². The van der Waals surface area contributed by atoms with Crippen LogP contribution in [0.1, 0.15) is 5.56 Å². The monoisotopic (exact) mass is 305 g/mol. The van der Waals surface area contributed by atoms with Crippen molar-refractivity contribution in [1.82, 2.24) is 4.57 Å². The molecule has 0 saturated carbocycles. The highest BCUT2D eigenvalue weighted by molar-refractivity contribution is 5.65. The first-order chi connectivity index (χ1) is 10.5. The van der Waals surface area contributed by atoms with Gasteiger partial charge >= 0.3 is 0 Å². The summed E-state index contributed by atoms with van der Waals surface area (Å²) in [6, 6.07) is 9.84. The number of alkyl halides is 2. The van der Waals surface area contributed by atoms with Gasteiger partial charge in [-0.2, -0.15) is 0 Å². The van der Waals surface area contributed by atoms with Crippen LogP contribution < -0.4 is 10.3 Å². The zero-order chi connectivity index (χ0) is 16.1. The van der Waals surface area contributed by atoms with Gasteiger partial charge in [-0.25, -0.2) is 8.78 Å². The van der Waals surface area contributed by atoms with Crippen molar-refractivity contribution in [2.45, 2.75) is 19.9 Å². The van der Waals surface area contributed by atoms with Crippen LogP contribution in [0.25, 0.3) is 11.3 Å². The van der Waals surface area contributed by atoms with E-state index in [-0.39, 0.29) is 0 Å². The van der Waals surface area contributed by atoms with Crippen LogP contribution in [0.5, 0.6) is 5.75 Å². The smallest absolute Gasteiger partial charge is 0.256 e. The SMILES string of the molecule is C=CCOc1ccc(-c2cccc(=O)n2CC(F)F)c(C)c1. The van der Waals surface area contributed by atoms with Gasteiger partial charge in [0.05, 0.1) is 12.2 Å². The Balaban J connectivity index is 2.46. The summed E-state index contributed by atoms with van der Waals surface area (Å²) in [6.45, 7) is 5.19. The van der Waals surface area contributed by atoms with Crippen molar-refractivity contribution < 1.29 is 13.5 Å². The maximum Gasteiger partial charge on any atom is 0.256 e. The second-order valence-electron chi connectivity index (χ2n) is 4.83. The van der Waals surface area contributed by atoms with Gasteiger partial charge in [-0.15, -0.1) is 0 Å². The van der Waals surface area contributed by atoms with Crippen molar-refractivity contribution in [2.24, 2.45) is 0 Å². The van der Waals surface area contributed by atoms with Crippen LogP contribution >= 0.6 is 0 Å². The van der Waals surface area contributed by atoms with Crippen molar-refractivity contribution in [1.29, 1.82) is 0 Å². The maximum atomic E-state index is 12.7. The standard InChI is InChI=1S/C17H17F2NO2/c1-3-9-22-13-7-8-14(12(2)10-13)15-5-4-6-17(21)20(15)11-16(18)19/h3-8,10,16H,1,9,11H2,2H3. The molecule has 1 aromatic heterocycles. The summed E-state index contributed by atoms with van der Waals surface area (Å²) in [7, 11) is 0. The molecule has 0 aliphatic carbocycles. The minimum absolute atomic E-state index is 0.389. The average Bonchev–Trinajstić information content (AvgIpc) is 2.47. The van der Waals surface area contributed by atoms with Gasteiger partial charge < -0.3 is 9.30 Å². The van der Waals surface area contributed by atoms with Gasteiger partial charge in [-0.3, -0.25) is 4.79 Å². The molecule has 3 nitrogen and oxygen atoms in total. The van der Waals surface area contributed by atoms with Gasteiger partial charge in [0.1, 0.15) is 12.4 Å². The Bertz CT molecular complexity index is 723. The highest BCUT2D eigenvalue weighted by Gasteiger charge is 2.13. The summed E-state index contributed by atoms with van der Waals surface area (Å²) in [5.74, 6) is 0.667. The van der Waals surface area contributed by atoms with Crippen LogP contribution in [0, 0.1) is 6.92 Å². The van der Waals surface area contributed by atoms with Crippen molar-refractivity contribution in [3.63, 3.8) is 0 Å². The van der Waals surface area contributed by atoms with E-state index in [2.05, 4.69) is 6.58 Å². The van der Waals surface area contributed by atoms with Gasteiger partial charge in [-0.05, 0) is 36.8 Å². The summed E-state index contributed by atoms with van der Waals surface area (Å²) < 4.78 is 32.0. The molecule has 116 valence electrons. The van der Waals surface area contributed by atoms with E-state index in [1.165, 1.54) is 6.07 Å². The van der Waals surface area contributed by atoms with Gasteiger partial charge in [0.15, 0.2) is 0 Å². The molecule has 0 aliphatic rings. The van der Waals surface area contributed by atoms with Crippen LogP contribution in [0.4, 0.5) is 8.78 Å². The summed E-state index contributed by atoms with van der Waals surface area (Å²) in [5, 5.41) is 0. The average molecular weight is 305 g/mol. The summed E-state index contributed by atoms with van der Waals surface area (Å²) >= 11 is 0. The molecule has 1 heterocycles. The van der Waals surface area contributed by atoms with E-state index in [1.54, 1.807) is 30.3 Å². The molecule has 0 bridgehead atoms. The lowest BCUT2D eigenvalue weighted by Gasteiger charge is -2.15. The number of aromatic nitrogens is 1. The number of hydrogen-bond acceptors (Lipinski definition) is 2. The Morgan fingerprint density at radius 3 is 2.73 bits per heavy atom. The number of halogens is 2. The van der Waals surface area contributed by atoms with E-state index >= 15 is 0 Å². The molecule has 0 unspecified atom stereocenters. The molecular formula is C17H17F2NO2. The summed E-state index contributed by atoms with van der Waals surface area (Å²) in [5.41, 5.74) is 1.60. The largest absolute Gasteiger partial charge is 0.490 e. The molecule has 2 rings (SSSR count). The number of ether oxygens (including phenoxy) is 1. The lowest BCUT2D eigenvalue weighted by Crippen LogP contribution is -2.24. The summed E-state index contributed by atoms with van der Waals surface area (Å²) in [4.78, 5) is 11.9. The van der Waals surface area contributed by atoms with Gasteiger partial charge in [-0.1, -0.05) is 18.7 Å². The quantitative estimate of drug-likeness (QED) is 0.763. The third-order valence-electron chi connectivity index (χ3n) is 3.21. The maximum absolute atomic E-state index is 12.7. The molecule has 0 aliphatic heterocycles. The molecular weight excluding hydrogens is 288 g/mol. The van der Waals surface area contributed by atoms with E-state index in [0.717, 1.165) is 15.7 Å². The molecule has 0 N–H and O–H groups in total. The summed E-state index contributed by atoms with van der Waals surface area (Å²) in [6.07, 6.45) is -0.949. The molecule has 0 amide bonds. The first kappa shape index (κ1) is 15.9. The Labute approximate surface area is 127 Å². The van der Waals surface area contributed by atoms with E-state index in [4.69, 9.17) is 4.74 Å².